The lowest BCUT2D eigenvalue weighted by Gasteiger charge is -2.16. The number of benzene rings is 1. The third kappa shape index (κ3) is 3.46. The van der Waals surface area contributed by atoms with Crippen LogP contribution in [0.3, 0.4) is 0 Å². The molecule has 0 saturated carbocycles. The van der Waals surface area contributed by atoms with E-state index < -0.39 is 17.8 Å². The van der Waals surface area contributed by atoms with Gasteiger partial charge in [0.1, 0.15) is 5.82 Å². The first kappa shape index (κ1) is 16.2. The largest absolute Gasteiger partial charge is 0.416 e. The van der Waals surface area contributed by atoms with Crippen molar-refractivity contribution in [3.63, 3.8) is 0 Å². The topological polar surface area (TPSA) is 50.9 Å². The van der Waals surface area contributed by atoms with Gasteiger partial charge in [-0.1, -0.05) is 12.1 Å². The van der Waals surface area contributed by atoms with Gasteiger partial charge in [-0.25, -0.2) is 4.98 Å². The molecule has 24 heavy (non-hydrogen) atoms. The first-order valence-electron chi connectivity index (χ1n) is 7.22. The summed E-state index contributed by atoms with van der Waals surface area (Å²) < 4.78 is 40.1. The summed E-state index contributed by atoms with van der Waals surface area (Å²) in [5.41, 5.74) is 0.240. The van der Waals surface area contributed by atoms with Crippen molar-refractivity contribution in [2.24, 2.45) is 0 Å². The number of hydrogen-bond donors (Lipinski definition) is 1. The molecular formula is C17H14F3N3O. The summed E-state index contributed by atoms with van der Waals surface area (Å²) in [5, 5.41) is 10.3. The van der Waals surface area contributed by atoms with E-state index >= 15 is 0 Å². The highest BCUT2D eigenvalue weighted by Gasteiger charge is 2.30. The normalized spacial score (nSPS) is 13.0. The number of nitrogens with zero attached hydrogens (tertiary/aromatic N) is 3. The number of halogens is 3. The van der Waals surface area contributed by atoms with Crippen molar-refractivity contribution in [2.45, 2.75) is 18.8 Å². The summed E-state index contributed by atoms with van der Waals surface area (Å²) in [5.74, 6) is 0.614. The van der Waals surface area contributed by atoms with E-state index in [-0.39, 0.29) is 12.1 Å². The molecule has 1 N–H and O–H groups in total. The first-order valence-corrected chi connectivity index (χ1v) is 7.22. The zero-order valence-corrected chi connectivity index (χ0v) is 12.5. The molecule has 0 aliphatic rings. The fourth-order valence-electron chi connectivity index (χ4n) is 2.43. The molecular weight excluding hydrogens is 319 g/mol. The first-order chi connectivity index (χ1) is 11.4. The maximum Gasteiger partial charge on any atom is 0.416 e. The second-order valence-electron chi connectivity index (χ2n) is 5.28. The molecule has 0 radical (unpaired) electrons. The molecule has 0 aliphatic heterocycles. The van der Waals surface area contributed by atoms with Crippen molar-refractivity contribution in [1.29, 1.82) is 0 Å². The van der Waals surface area contributed by atoms with E-state index in [1.54, 1.807) is 41.5 Å². The lowest BCUT2D eigenvalue weighted by Crippen LogP contribution is -2.11. The van der Waals surface area contributed by atoms with Gasteiger partial charge in [-0.3, -0.25) is 4.98 Å². The van der Waals surface area contributed by atoms with Crippen molar-refractivity contribution in [2.75, 3.05) is 0 Å². The van der Waals surface area contributed by atoms with Gasteiger partial charge in [0.05, 0.1) is 18.2 Å². The highest BCUT2D eigenvalue weighted by molar-refractivity contribution is 5.54. The van der Waals surface area contributed by atoms with Gasteiger partial charge >= 0.3 is 6.18 Å². The molecule has 2 heterocycles. The Morgan fingerprint density at radius 2 is 1.83 bits per heavy atom. The van der Waals surface area contributed by atoms with Crippen LogP contribution in [0.4, 0.5) is 13.2 Å². The summed E-state index contributed by atoms with van der Waals surface area (Å²) in [6.45, 7) is 0.0962. The van der Waals surface area contributed by atoms with Gasteiger partial charge in [0.15, 0.2) is 0 Å². The van der Waals surface area contributed by atoms with E-state index in [1.807, 2.05) is 0 Å². The van der Waals surface area contributed by atoms with Crippen molar-refractivity contribution in [1.82, 2.24) is 14.5 Å². The monoisotopic (exact) mass is 333 g/mol. The summed E-state index contributed by atoms with van der Waals surface area (Å²) in [4.78, 5) is 8.17. The average molecular weight is 333 g/mol. The van der Waals surface area contributed by atoms with Crippen LogP contribution in [0, 0.1) is 0 Å². The number of hydrogen-bond acceptors (Lipinski definition) is 3. The van der Waals surface area contributed by atoms with E-state index in [2.05, 4.69) is 9.97 Å². The molecule has 3 aromatic rings. The summed E-state index contributed by atoms with van der Waals surface area (Å²) in [6.07, 6.45) is 0.977. The van der Waals surface area contributed by atoms with Crippen LogP contribution in [0.15, 0.2) is 61.2 Å². The quantitative estimate of drug-likeness (QED) is 0.792. The van der Waals surface area contributed by atoms with Crippen LogP contribution in [-0.4, -0.2) is 19.6 Å². The number of aromatic nitrogens is 3. The zero-order valence-electron chi connectivity index (χ0n) is 12.5. The van der Waals surface area contributed by atoms with Crippen molar-refractivity contribution in [3.05, 3.63) is 72.3 Å². The molecule has 0 spiro atoms. The van der Waals surface area contributed by atoms with E-state index in [9.17, 15) is 18.3 Å². The molecule has 0 saturated heterocycles. The smallest absolute Gasteiger partial charge is 0.387 e. The standard InChI is InChI=1S/C17H14F3N3O/c18-17(19,20)14-3-1-2-13(10-14)15(24)11-23-9-8-22-16(23)12-4-6-21-7-5-12/h1-10,15,24H,11H2. The van der Waals surface area contributed by atoms with E-state index in [0.717, 1.165) is 17.7 Å². The Bertz CT molecular complexity index is 815. The van der Waals surface area contributed by atoms with Crippen LogP contribution < -0.4 is 0 Å². The van der Waals surface area contributed by atoms with Gasteiger partial charge in [-0.05, 0) is 29.8 Å². The van der Waals surface area contributed by atoms with Gasteiger partial charge in [0.25, 0.3) is 0 Å². The fraction of sp³-hybridized carbons (Fsp3) is 0.176. The lowest BCUT2D eigenvalue weighted by atomic mass is 10.1. The van der Waals surface area contributed by atoms with Crippen LogP contribution in [0.25, 0.3) is 11.4 Å². The molecule has 3 rings (SSSR count). The highest BCUT2D eigenvalue weighted by atomic mass is 19.4. The molecule has 0 bridgehead atoms. The third-order valence-electron chi connectivity index (χ3n) is 3.62. The van der Waals surface area contributed by atoms with Crippen molar-refractivity contribution < 1.29 is 18.3 Å². The average Bonchev–Trinajstić information content (AvgIpc) is 3.03. The van der Waals surface area contributed by atoms with Gasteiger partial charge < -0.3 is 9.67 Å². The number of aliphatic hydroxyl groups is 1. The number of pyridine rings is 1. The summed E-state index contributed by atoms with van der Waals surface area (Å²) in [6, 6.07) is 8.26. The predicted octanol–water partition coefficient (Wildman–Crippen LogP) is 3.70. The lowest BCUT2D eigenvalue weighted by molar-refractivity contribution is -0.137. The van der Waals surface area contributed by atoms with Crippen molar-refractivity contribution in [3.8, 4) is 11.4 Å². The molecule has 124 valence electrons. The Kier molecular flexibility index (Phi) is 4.35. The number of rotatable bonds is 4. The van der Waals surface area contributed by atoms with Gasteiger partial charge in [0.2, 0.25) is 0 Å². The van der Waals surface area contributed by atoms with Crippen LogP contribution >= 0.6 is 0 Å². The summed E-state index contributed by atoms with van der Waals surface area (Å²) >= 11 is 0. The van der Waals surface area contributed by atoms with Crippen LogP contribution in [0.2, 0.25) is 0 Å². The highest BCUT2D eigenvalue weighted by Crippen LogP contribution is 2.31. The van der Waals surface area contributed by atoms with E-state index in [4.69, 9.17) is 0 Å². The maximum absolute atomic E-state index is 12.8. The Morgan fingerprint density at radius 3 is 2.54 bits per heavy atom. The van der Waals surface area contributed by atoms with E-state index in [1.165, 1.54) is 12.1 Å². The molecule has 1 unspecified atom stereocenters. The van der Waals surface area contributed by atoms with Crippen LogP contribution in [0.1, 0.15) is 17.2 Å². The second-order valence-corrected chi connectivity index (χ2v) is 5.28. The SMILES string of the molecule is OC(Cn1ccnc1-c1ccncc1)c1cccc(C(F)(F)F)c1. The third-order valence-corrected chi connectivity index (χ3v) is 3.62. The molecule has 0 aliphatic carbocycles. The Balaban J connectivity index is 1.84. The van der Waals surface area contributed by atoms with Gasteiger partial charge in [-0.15, -0.1) is 0 Å². The minimum absolute atomic E-state index is 0.0962. The predicted molar refractivity (Wildman–Crippen MR) is 81.9 cm³/mol. The second kappa shape index (κ2) is 6.45. The zero-order chi connectivity index (χ0) is 17.2. The number of alkyl halides is 3. The Morgan fingerprint density at radius 1 is 1.08 bits per heavy atom. The van der Waals surface area contributed by atoms with Crippen LogP contribution in [0.5, 0.6) is 0 Å². The van der Waals surface area contributed by atoms with E-state index in [0.29, 0.717) is 5.82 Å². The summed E-state index contributed by atoms with van der Waals surface area (Å²) in [7, 11) is 0. The molecule has 0 amide bonds. The fourth-order valence-corrected chi connectivity index (χ4v) is 2.43. The molecule has 1 aromatic carbocycles. The minimum Gasteiger partial charge on any atom is -0.387 e. The Hall–Kier alpha value is -2.67. The molecule has 7 heteroatoms. The van der Waals surface area contributed by atoms with Gasteiger partial charge in [0, 0.05) is 30.4 Å². The maximum atomic E-state index is 12.8. The molecule has 0 fully saturated rings. The molecule has 1 atom stereocenters. The number of aliphatic hydroxyl groups excluding tert-OH is 1. The van der Waals surface area contributed by atoms with Crippen molar-refractivity contribution >= 4 is 0 Å². The minimum atomic E-state index is -4.44. The van der Waals surface area contributed by atoms with Crippen LogP contribution in [-0.2, 0) is 12.7 Å². The number of imidazole rings is 1. The molecule has 2 aromatic heterocycles. The molecule has 4 nitrogen and oxygen atoms in total. The Labute approximate surface area is 136 Å². The van der Waals surface area contributed by atoms with Gasteiger partial charge in [-0.2, -0.15) is 13.2 Å².